The second kappa shape index (κ2) is 2.33. The summed E-state index contributed by atoms with van der Waals surface area (Å²) in [6.07, 6.45) is 1.23. The SMILES string of the molecule is CC1NC(=O)NC2=C1C(=O)CC2. The van der Waals surface area contributed by atoms with E-state index >= 15 is 0 Å². The van der Waals surface area contributed by atoms with E-state index in [0.29, 0.717) is 12.8 Å². The lowest BCUT2D eigenvalue weighted by Crippen LogP contribution is -2.47. The number of allylic oxidation sites excluding steroid dienone is 1. The third kappa shape index (κ3) is 0.913. The van der Waals surface area contributed by atoms with Crippen molar-refractivity contribution in [3.8, 4) is 0 Å². The number of rotatable bonds is 0. The van der Waals surface area contributed by atoms with E-state index in [1.54, 1.807) is 0 Å². The highest BCUT2D eigenvalue weighted by Crippen LogP contribution is 2.25. The Labute approximate surface area is 70.0 Å². The zero-order valence-corrected chi connectivity index (χ0v) is 6.81. The van der Waals surface area contributed by atoms with Gasteiger partial charge in [0.25, 0.3) is 0 Å². The van der Waals surface area contributed by atoms with Gasteiger partial charge in [-0.25, -0.2) is 4.79 Å². The fourth-order valence-corrected chi connectivity index (χ4v) is 1.75. The molecule has 4 nitrogen and oxygen atoms in total. The van der Waals surface area contributed by atoms with Gasteiger partial charge in [-0.2, -0.15) is 0 Å². The average molecular weight is 166 g/mol. The topological polar surface area (TPSA) is 58.2 Å². The Morgan fingerprint density at radius 2 is 2.08 bits per heavy atom. The standard InChI is InChI=1S/C8H10N2O2/c1-4-7-5(2-3-6(7)11)10-8(12)9-4/h4H,2-3H2,1H3,(H2,9,10,12). The van der Waals surface area contributed by atoms with Gasteiger partial charge in [0.2, 0.25) is 0 Å². The molecule has 0 spiro atoms. The van der Waals surface area contributed by atoms with E-state index in [9.17, 15) is 9.59 Å². The summed E-state index contributed by atoms with van der Waals surface area (Å²) < 4.78 is 0. The Bertz CT molecular complexity index is 293. The monoisotopic (exact) mass is 166 g/mol. The van der Waals surface area contributed by atoms with Gasteiger partial charge in [-0.1, -0.05) is 0 Å². The van der Waals surface area contributed by atoms with Gasteiger partial charge in [0.1, 0.15) is 0 Å². The molecule has 0 saturated heterocycles. The second-order valence-corrected chi connectivity index (χ2v) is 3.14. The first-order valence-corrected chi connectivity index (χ1v) is 4.02. The number of hydrogen-bond acceptors (Lipinski definition) is 2. The molecule has 0 aromatic carbocycles. The van der Waals surface area contributed by atoms with Crippen molar-refractivity contribution in [1.82, 2.24) is 10.6 Å². The highest BCUT2D eigenvalue weighted by Gasteiger charge is 2.32. The number of Topliss-reactive ketones (excluding diaryl/α,β-unsaturated/α-hetero) is 1. The third-order valence-corrected chi connectivity index (χ3v) is 2.27. The zero-order valence-electron chi connectivity index (χ0n) is 6.81. The lowest BCUT2D eigenvalue weighted by Gasteiger charge is -2.22. The molecule has 12 heavy (non-hydrogen) atoms. The van der Waals surface area contributed by atoms with Crippen LogP contribution in [-0.2, 0) is 4.79 Å². The first-order chi connectivity index (χ1) is 5.68. The maximum absolute atomic E-state index is 11.3. The van der Waals surface area contributed by atoms with Crippen LogP contribution in [0.15, 0.2) is 11.3 Å². The van der Waals surface area contributed by atoms with Crippen molar-refractivity contribution in [3.63, 3.8) is 0 Å². The van der Waals surface area contributed by atoms with E-state index < -0.39 is 0 Å². The van der Waals surface area contributed by atoms with Crippen LogP contribution in [-0.4, -0.2) is 17.9 Å². The van der Waals surface area contributed by atoms with Crippen molar-refractivity contribution in [2.75, 3.05) is 0 Å². The highest BCUT2D eigenvalue weighted by atomic mass is 16.2. The van der Waals surface area contributed by atoms with Gasteiger partial charge in [-0.05, 0) is 13.3 Å². The van der Waals surface area contributed by atoms with Crippen LogP contribution in [0.4, 0.5) is 4.79 Å². The summed E-state index contributed by atoms with van der Waals surface area (Å²) in [6, 6.07) is -0.320. The maximum atomic E-state index is 11.3. The quantitative estimate of drug-likeness (QED) is 0.544. The molecule has 0 aromatic heterocycles. The molecule has 0 fully saturated rings. The third-order valence-electron chi connectivity index (χ3n) is 2.27. The van der Waals surface area contributed by atoms with Crippen LogP contribution >= 0.6 is 0 Å². The van der Waals surface area contributed by atoms with Crippen molar-refractivity contribution in [2.45, 2.75) is 25.8 Å². The molecule has 1 atom stereocenters. The van der Waals surface area contributed by atoms with Gasteiger partial charge in [0.15, 0.2) is 5.78 Å². The largest absolute Gasteiger partial charge is 0.331 e. The second-order valence-electron chi connectivity index (χ2n) is 3.14. The van der Waals surface area contributed by atoms with Crippen LogP contribution < -0.4 is 10.6 Å². The number of amides is 2. The molecule has 0 aromatic rings. The number of carbonyl (C=O) groups is 2. The molecule has 1 unspecified atom stereocenters. The molecule has 0 saturated carbocycles. The smallest absolute Gasteiger partial charge is 0.319 e. The van der Waals surface area contributed by atoms with E-state index in [-0.39, 0.29) is 17.9 Å². The maximum Gasteiger partial charge on any atom is 0.319 e. The lowest BCUT2D eigenvalue weighted by atomic mass is 10.1. The van der Waals surface area contributed by atoms with Crippen molar-refractivity contribution in [1.29, 1.82) is 0 Å². The van der Waals surface area contributed by atoms with Gasteiger partial charge in [0.05, 0.1) is 6.04 Å². The fourth-order valence-electron chi connectivity index (χ4n) is 1.75. The summed E-state index contributed by atoms with van der Waals surface area (Å²) in [6.45, 7) is 1.83. The van der Waals surface area contributed by atoms with Crippen LogP contribution in [0.2, 0.25) is 0 Å². The molecule has 2 aliphatic rings. The minimum Gasteiger partial charge on any atom is -0.331 e. The molecule has 2 N–H and O–H groups in total. The van der Waals surface area contributed by atoms with Crippen molar-refractivity contribution in [3.05, 3.63) is 11.3 Å². The highest BCUT2D eigenvalue weighted by molar-refractivity contribution is 6.02. The Morgan fingerprint density at radius 3 is 2.83 bits per heavy atom. The van der Waals surface area contributed by atoms with E-state index in [1.807, 2.05) is 6.92 Å². The first-order valence-electron chi connectivity index (χ1n) is 4.02. The number of hydrogen-bond donors (Lipinski definition) is 2. The zero-order chi connectivity index (χ0) is 8.72. The van der Waals surface area contributed by atoms with E-state index in [0.717, 1.165) is 11.3 Å². The first kappa shape index (κ1) is 7.34. The minimum atomic E-state index is -0.198. The summed E-state index contributed by atoms with van der Waals surface area (Å²) in [5, 5.41) is 5.30. The molecule has 1 aliphatic carbocycles. The molecule has 2 amide bonds. The van der Waals surface area contributed by atoms with E-state index in [1.165, 1.54) is 0 Å². The molecule has 1 aliphatic heterocycles. The molecular formula is C8H10N2O2. The Balaban J connectivity index is 2.37. The number of urea groups is 1. The summed E-state index contributed by atoms with van der Waals surface area (Å²) in [7, 11) is 0. The molecular weight excluding hydrogens is 156 g/mol. The van der Waals surface area contributed by atoms with Gasteiger partial charge in [-0.15, -0.1) is 0 Å². The fraction of sp³-hybridized carbons (Fsp3) is 0.500. The molecule has 0 radical (unpaired) electrons. The molecule has 1 heterocycles. The van der Waals surface area contributed by atoms with Crippen molar-refractivity contribution >= 4 is 11.8 Å². The van der Waals surface area contributed by atoms with Crippen LogP contribution in [0.5, 0.6) is 0 Å². The molecule has 64 valence electrons. The normalized spacial score (nSPS) is 28.2. The van der Waals surface area contributed by atoms with E-state index in [2.05, 4.69) is 10.6 Å². The van der Waals surface area contributed by atoms with E-state index in [4.69, 9.17) is 0 Å². The molecule has 4 heteroatoms. The molecule has 2 rings (SSSR count). The van der Waals surface area contributed by atoms with Crippen molar-refractivity contribution < 1.29 is 9.59 Å². The average Bonchev–Trinajstić information content (AvgIpc) is 2.31. The summed E-state index contributed by atoms with van der Waals surface area (Å²) in [5.41, 5.74) is 1.57. The Kier molecular flexibility index (Phi) is 1.43. The van der Waals surface area contributed by atoms with Gasteiger partial charge >= 0.3 is 6.03 Å². The minimum absolute atomic E-state index is 0.122. The van der Waals surface area contributed by atoms with Crippen LogP contribution in [0, 0.1) is 0 Å². The molecule has 0 bridgehead atoms. The predicted octanol–water partition coefficient (Wildman–Crippen LogP) is 0.305. The summed E-state index contributed by atoms with van der Waals surface area (Å²) in [4.78, 5) is 22.2. The Hall–Kier alpha value is -1.32. The Morgan fingerprint density at radius 1 is 1.33 bits per heavy atom. The number of ketones is 1. The van der Waals surface area contributed by atoms with Crippen LogP contribution in [0.1, 0.15) is 19.8 Å². The van der Waals surface area contributed by atoms with Crippen LogP contribution in [0.25, 0.3) is 0 Å². The van der Waals surface area contributed by atoms with Crippen molar-refractivity contribution in [2.24, 2.45) is 0 Å². The lowest BCUT2D eigenvalue weighted by molar-refractivity contribution is -0.115. The van der Waals surface area contributed by atoms with Gasteiger partial charge < -0.3 is 10.6 Å². The van der Waals surface area contributed by atoms with Crippen LogP contribution in [0.3, 0.4) is 0 Å². The number of nitrogens with one attached hydrogen (secondary N) is 2. The summed E-state index contributed by atoms with van der Waals surface area (Å²) in [5.74, 6) is 0.157. The number of carbonyl (C=O) groups excluding carboxylic acids is 2. The predicted molar refractivity (Wildman–Crippen MR) is 42.4 cm³/mol. The van der Waals surface area contributed by atoms with Gasteiger partial charge in [-0.3, -0.25) is 4.79 Å². The summed E-state index contributed by atoms with van der Waals surface area (Å²) >= 11 is 0. The van der Waals surface area contributed by atoms with Gasteiger partial charge in [0, 0.05) is 17.7 Å².